The molecule has 1 N–H and O–H groups in total. The number of hydrogen-bond donors (Lipinski definition) is 1. The van der Waals surface area contributed by atoms with Crippen LogP contribution < -0.4 is 5.32 Å². The molecule has 116 valence electrons. The van der Waals surface area contributed by atoms with E-state index in [0.717, 1.165) is 22.8 Å². The lowest BCUT2D eigenvalue weighted by atomic mass is 9.81. The van der Waals surface area contributed by atoms with E-state index >= 15 is 0 Å². The van der Waals surface area contributed by atoms with Crippen LogP contribution in [0.25, 0.3) is 16.8 Å². The van der Waals surface area contributed by atoms with Crippen molar-refractivity contribution in [1.82, 2.24) is 5.32 Å². The zero-order valence-electron chi connectivity index (χ0n) is 13.4. The van der Waals surface area contributed by atoms with Crippen LogP contribution in [0.15, 0.2) is 59.8 Å². The van der Waals surface area contributed by atoms with Crippen molar-refractivity contribution in [3.63, 3.8) is 0 Å². The van der Waals surface area contributed by atoms with Gasteiger partial charge in [-0.15, -0.1) is 0 Å². The standard InChI is InChI=1S/C21H20FN/c1-13-9-14(2)11-16(10-13)21-20-17-6-4-3-5-15(17)12-19(22)18(20)7-8-23-21/h3-10,12,14,21,23H,11H2,1-2H3. The normalized spacial score (nSPS) is 23.1. The van der Waals surface area contributed by atoms with Gasteiger partial charge in [-0.05, 0) is 59.5 Å². The van der Waals surface area contributed by atoms with E-state index in [1.807, 2.05) is 30.5 Å². The van der Waals surface area contributed by atoms with Gasteiger partial charge < -0.3 is 5.32 Å². The number of rotatable bonds is 1. The Bertz CT molecular complexity index is 873. The Labute approximate surface area is 136 Å². The summed E-state index contributed by atoms with van der Waals surface area (Å²) in [6.07, 6.45) is 9.29. The molecule has 1 aliphatic carbocycles. The quantitative estimate of drug-likeness (QED) is 0.733. The second-order valence-corrected chi connectivity index (χ2v) is 6.65. The highest BCUT2D eigenvalue weighted by molar-refractivity contribution is 5.90. The van der Waals surface area contributed by atoms with Crippen molar-refractivity contribution >= 4 is 16.8 Å². The Morgan fingerprint density at radius 3 is 2.87 bits per heavy atom. The molecule has 1 aliphatic heterocycles. The van der Waals surface area contributed by atoms with Crippen molar-refractivity contribution in [1.29, 1.82) is 0 Å². The molecule has 2 aliphatic rings. The van der Waals surface area contributed by atoms with Crippen molar-refractivity contribution < 1.29 is 4.39 Å². The van der Waals surface area contributed by atoms with E-state index in [4.69, 9.17) is 0 Å². The van der Waals surface area contributed by atoms with Crippen LogP contribution in [0.4, 0.5) is 4.39 Å². The summed E-state index contributed by atoms with van der Waals surface area (Å²) in [4.78, 5) is 0. The van der Waals surface area contributed by atoms with Gasteiger partial charge in [0.25, 0.3) is 0 Å². The molecule has 23 heavy (non-hydrogen) atoms. The smallest absolute Gasteiger partial charge is 0.131 e. The number of benzene rings is 2. The van der Waals surface area contributed by atoms with Crippen LogP contribution in [0, 0.1) is 11.7 Å². The summed E-state index contributed by atoms with van der Waals surface area (Å²) in [7, 11) is 0. The minimum absolute atomic E-state index is 0.0432. The van der Waals surface area contributed by atoms with Crippen LogP contribution in [0.3, 0.4) is 0 Å². The molecule has 2 aromatic carbocycles. The number of halogens is 1. The second-order valence-electron chi connectivity index (χ2n) is 6.65. The minimum atomic E-state index is -0.141. The summed E-state index contributed by atoms with van der Waals surface area (Å²) in [6.45, 7) is 4.37. The molecule has 0 radical (unpaired) electrons. The van der Waals surface area contributed by atoms with Gasteiger partial charge in [0, 0.05) is 5.56 Å². The predicted octanol–water partition coefficient (Wildman–Crippen LogP) is 5.51. The lowest BCUT2D eigenvalue weighted by molar-refractivity contribution is 0.590. The lowest BCUT2D eigenvalue weighted by Gasteiger charge is -2.30. The number of nitrogens with one attached hydrogen (secondary N) is 1. The Balaban J connectivity index is 1.95. The van der Waals surface area contributed by atoms with Crippen molar-refractivity contribution in [2.24, 2.45) is 5.92 Å². The molecule has 1 heterocycles. The topological polar surface area (TPSA) is 12.0 Å². The third-order valence-corrected chi connectivity index (χ3v) is 4.77. The van der Waals surface area contributed by atoms with E-state index in [2.05, 4.69) is 37.4 Å². The van der Waals surface area contributed by atoms with E-state index in [-0.39, 0.29) is 11.9 Å². The molecule has 2 aromatic rings. The van der Waals surface area contributed by atoms with E-state index in [0.29, 0.717) is 11.5 Å². The van der Waals surface area contributed by atoms with E-state index in [1.165, 1.54) is 11.1 Å². The predicted molar refractivity (Wildman–Crippen MR) is 94.4 cm³/mol. The van der Waals surface area contributed by atoms with Crippen molar-refractivity contribution in [2.75, 3.05) is 0 Å². The third kappa shape index (κ3) is 2.39. The van der Waals surface area contributed by atoms with Crippen molar-refractivity contribution in [2.45, 2.75) is 26.3 Å². The highest BCUT2D eigenvalue weighted by Crippen LogP contribution is 2.40. The highest BCUT2D eigenvalue weighted by Gasteiger charge is 2.27. The first-order chi connectivity index (χ1) is 11.1. The average Bonchev–Trinajstić information content (AvgIpc) is 2.53. The first-order valence-corrected chi connectivity index (χ1v) is 8.16. The summed E-state index contributed by atoms with van der Waals surface area (Å²) >= 11 is 0. The molecule has 0 aromatic heterocycles. The zero-order chi connectivity index (χ0) is 16.0. The molecule has 0 fully saturated rings. The van der Waals surface area contributed by atoms with Gasteiger partial charge in [0.05, 0.1) is 6.04 Å². The summed E-state index contributed by atoms with van der Waals surface area (Å²) < 4.78 is 14.6. The average molecular weight is 305 g/mol. The first kappa shape index (κ1) is 14.3. The third-order valence-electron chi connectivity index (χ3n) is 4.77. The second kappa shape index (κ2) is 5.38. The van der Waals surface area contributed by atoms with Gasteiger partial charge >= 0.3 is 0 Å². The molecular formula is C21H20FN. The molecule has 0 saturated heterocycles. The number of hydrogen-bond acceptors (Lipinski definition) is 1. The molecule has 0 saturated carbocycles. The van der Waals surface area contributed by atoms with Gasteiger partial charge in [0.15, 0.2) is 0 Å². The minimum Gasteiger partial charge on any atom is -0.380 e. The Morgan fingerprint density at radius 2 is 2.04 bits per heavy atom. The van der Waals surface area contributed by atoms with E-state index in [1.54, 1.807) is 6.07 Å². The largest absolute Gasteiger partial charge is 0.380 e. The number of fused-ring (bicyclic) bond motifs is 3. The highest BCUT2D eigenvalue weighted by atomic mass is 19.1. The number of allylic oxidation sites excluding steroid dienone is 3. The van der Waals surface area contributed by atoms with Crippen molar-refractivity contribution in [3.05, 3.63) is 76.8 Å². The maximum atomic E-state index is 14.6. The van der Waals surface area contributed by atoms with Crippen LogP contribution >= 0.6 is 0 Å². The van der Waals surface area contributed by atoms with Gasteiger partial charge in [0.1, 0.15) is 5.82 Å². The molecule has 0 spiro atoms. The Hall–Kier alpha value is -2.35. The lowest BCUT2D eigenvalue weighted by Crippen LogP contribution is -2.24. The first-order valence-electron chi connectivity index (χ1n) is 8.16. The molecule has 2 unspecified atom stereocenters. The molecule has 2 atom stereocenters. The Morgan fingerprint density at radius 1 is 1.22 bits per heavy atom. The van der Waals surface area contributed by atoms with E-state index in [9.17, 15) is 4.39 Å². The van der Waals surface area contributed by atoms with Gasteiger partial charge in [-0.1, -0.05) is 48.9 Å². The Kier molecular flexibility index (Phi) is 3.33. The van der Waals surface area contributed by atoms with Crippen molar-refractivity contribution in [3.8, 4) is 0 Å². The van der Waals surface area contributed by atoms with Crippen LogP contribution in [0.2, 0.25) is 0 Å². The summed E-state index contributed by atoms with van der Waals surface area (Å²) in [5.74, 6) is 0.379. The van der Waals surface area contributed by atoms with Gasteiger partial charge in [-0.2, -0.15) is 0 Å². The maximum absolute atomic E-state index is 14.6. The molecule has 4 rings (SSSR count). The van der Waals surface area contributed by atoms with Gasteiger partial charge in [-0.25, -0.2) is 4.39 Å². The van der Waals surface area contributed by atoms with Crippen LogP contribution in [-0.4, -0.2) is 0 Å². The SMILES string of the molecule is CC1=CC(C)CC(C2NC=Cc3c(F)cc4ccccc4c32)=C1. The van der Waals surface area contributed by atoms with Crippen LogP contribution in [0.5, 0.6) is 0 Å². The van der Waals surface area contributed by atoms with E-state index < -0.39 is 0 Å². The van der Waals surface area contributed by atoms with Gasteiger partial charge in [0.2, 0.25) is 0 Å². The molecule has 2 heteroatoms. The maximum Gasteiger partial charge on any atom is 0.131 e. The summed E-state index contributed by atoms with van der Waals surface area (Å²) in [6, 6.07) is 9.75. The monoisotopic (exact) mass is 305 g/mol. The fraction of sp³-hybridized carbons (Fsp3) is 0.238. The fourth-order valence-corrected chi connectivity index (χ4v) is 3.92. The van der Waals surface area contributed by atoms with Crippen LogP contribution in [-0.2, 0) is 0 Å². The summed E-state index contributed by atoms with van der Waals surface area (Å²) in [5, 5.41) is 5.55. The molecular weight excluding hydrogens is 285 g/mol. The zero-order valence-corrected chi connectivity index (χ0v) is 13.4. The molecule has 1 nitrogen and oxygen atoms in total. The molecule has 0 bridgehead atoms. The van der Waals surface area contributed by atoms with Crippen LogP contribution in [0.1, 0.15) is 37.4 Å². The fourth-order valence-electron chi connectivity index (χ4n) is 3.92. The van der Waals surface area contributed by atoms with Gasteiger partial charge in [-0.3, -0.25) is 0 Å². The summed E-state index contributed by atoms with van der Waals surface area (Å²) in [5.41, 5.74) is 4.40. The molecule has 0 amide bonds.